The SMILES string of the molecule is Nc1ccc(C[NH+]2CCN(c3ccc4ccccc4n3)CC2)cc1. The number of fused-ring (bicyclic) bond motifs is 1. The summed E-state index contributed by atoms with van der Waals surface area (Å²) in [5.74, 6) is 1.10. The molecule has 4 nitrogen and oxygen atoms in total. The van der Waals surface area contributed by atoms with Crippen LogP contribution >= 0.6 is 0 Å². The number of nitrogens with two attached hydrogens (primary N) is 1. The molecule has 1 fully saturated rings. The predicted molar refractivity (Wildman–Crippen MR) is 99.2 cm³/mol. The average Bonchev–Trinajstić information content (AvgIpc) is 2.64. The quantitative estimate of drug-likeness (QED) is 0.723. The number of benzene rings is 2. The second-order valence-corrected chi connectivity index (χ2v) is 6.52. The molecule has 3 aromatic rings. The van der Waals surface area contributed by atoms with Crippen molar-refractivity contribution >= 4 is 22.4 Å². The maximum atomic E-state index is 5.76. The number of quaternary nitrogens is 1. The number of hydrogen-bond acceptors (Lipinski definition) is 3. The van der Waals surface area contributed by atoms with Gasteiger partial charge in [0.05, 0.1) is 31.7 Å². The first-order valence-corrected chi connectivity index (χ1v) is 8.57. The highest BCUT2D eigenvalue weighted by molar-refractivity contribution is 5.80. The van der Waals surface area contributed by atoms with E-state index in [1.807, 2.05) is 18.2 Å². The fourth-order valence-electron chi connectivity index (χ4n) is 3.38. The molecule has 24 heavy (non-hydrogen) atoms. The molecule has 2 heterocycles. The van der Waals surface area contributed by atoms with Crippen molar-refractivity contribution in [3.63, 3.8) is 0 Å². The molecule has 122 valence electrons. The number of nitrogen functional groups attached to an aromatic ring is 1. The zero-order chi connectivity index (χ0) is 16.4. The lowest BCUT2D eigenvalue weighted by Crippen LogP contribution is -3.13. The standard InChI is InChI=1S/C20H22N4/c21-18-8-5-16(6-9-18)15-23-11-13-24(14-12-23)20-10-7-17-3-1-2-4-19(17)22-20/h1-10H,11-15,21H2/p+1. The van der Waals surface area contributed by atoms with Gasteiger partial charge in [-0.3, -0.25) is 0 Å². The summed E-state index contributed by atoms with van der Waals surface area (Å²) in [6.07, 6.45) is 0. The van der Waals surface area contributed by atoms with Crippen molar-refractivity contribution in [1.29, 1.82) is 0 Å². The van der Waals surface area contributed by atoms with Crippen LogP contribution < -0.4 is 15.5 Å². The molecule has 1 aliphatic heterocycles. The fraction of sp³-hybridized carbons (Fsp3) is 0.250. The molecule has 1 saturated heterocycles. The third-order valence-electron chi connectivity index (χ3n) is 4.81. The van der Waals surface area contributed by atoms with Crippen LogP contribution in [0.2, 0.25) is 0 Å². The molecule has 0 amide bonds. The average molecular weight is 319 g/mol. The lowest BCUT2D eigenvalue weighted by Gasteiger charge is -2.33. The fourth-order valence-corrected chi connectivity index (χ4v) is 3.38. The van der Waals surface area contributed by atoms with Gasteiger partial charge in [-0.15, -0.1) is 0 Å². The number of aromatic nitrogens is 1. The van der Waals surface area contributed by atoms with Gasteiger partial charge in [-0.2, -0.15) is 0 Å². The summed E-state index contributed by atoms with van der Waals surface area (Å²) in [7, 11) is 0. The minimum absolute atomic E-state index is 0.834. The van der Waals surface area contributed by atoms with Crippen LogP contribution in [-0.2, 0) is 6.54 Å². The highest BCUT2D eigenvalue weighted by atomic mass is 15.3. The first-order valence-electron chi connectivity index (χ1n) is 8.57. The molecule has 0 aliphatic carbocycles. The second-order valence-electron chi connectivity index (χ2n) is 6.52. The van der Waals surface area contributed by atoms with E-state index in [0.29, 0.717) is 0 Å². The summed E-state index contributed by atoms with van der Waals surface area (Å²) in [5, 5.41) is 1.20. The van der Waals surface area contributed by atoms with Crippen LogP contribution in [0.1, 0.15) is 5.56 Å². The van der Waals surface area contributed by atoms with Gasteiger partial charge in [-0.25, -0.2) is 4.98 Å². The van der Waals surface area contributed by atoms with Crippen LogP contribution in [0.5, 0.6) is 0 Å². The molecule has 2 aromatic carbocycles. The van der Waals surface area contributed by atoms with Gasteiger partial charge in [0, 0.05) is 16.6 Å². The molecule has 0 saturated carbocycles. The topological polar surface area (TPSA) is 46.6 Å². The monoisotopic (exact) mass is 319 g/mol. The van der Waals surface area contributed by atoms with Crippen molar-refractivity contribution in [2.75, 3.05) is 36.8 Å². The van der Waals surface area contributed by atoms with Crippen LogP contribution in [0.4, 0.5) is 11.5 Å². The predicted octanol–water partition coefficient (Wildman–Crippen LogP) is 1.72. The summed E-state index contributed by atoms with van der Waals surface area (Å²) in [6, 6.07) is 20.9. The smallest absolute Gasteiger partial charge is 0.129 e. The highest BCUT2D eigenvalue weighted by Gasteiger charge is 2.21. The van der Waals surface area contributed by atoms with Gasteiger partial charge in [-0.1, -0.05) is 30.3 Å². The highest BCUT2D eigenvalue weighted by Crippen LogP contribution is 2.17. The minimum atomic E-state index is 0.834. The maximum Gasteiger partial charge on any atom is 0.129 e. The number of anilines is 2. The van der Waals surface area contributed by atoms with Crippen LogP contribution in [0.25, 0.3) is 10.9 Å². The Hall–Kier alpha value is -2.59. The van der Waals surface area contributed by atoms with Gasteiger partial charge >= 0.3 is 0 Å². The number of hydrogen-bond donors (Lipinski definition) is 2. The van der Waals surface area contributed by atoms with E-state index in [2.05, 4.69) is 47.4 Å². The summed E-state index contributed by atoms with van der Waals surface area (Å²) >= 11 is 0. The molecule has 0 unspecified atom stereocenters. The van der Waals surface area contributed by atoms with Gasteiger partial charge in [0.2, 0.25) is 0 Å². The number of nitrogens with one attached hydrogen (secondary N) is 1. The molecule has 0 atom stereocenters. The molecule has 4 rings (SSSR count). The summed E-state index contributed by atoms with van der Waals surface area (Å²) in [4.78, 5) is 8.84. The van der Waals surface area contributed by atoms with E-state index in [1.54, 1.807) is 4.90 Å². The number of nitrogens with zero attached hydrogens (tertiary/aromatic N) is 2. The van der Waals surface area contributed by atoms with Gasteiger partial charge in [0.15, 0.2) is 0 Å². The Bertz CT molecular complexity index is 820. The molecule has 4 heteroatoms. The van der Waals surface area contributed by atoms with Crippen molar-refractivity contribution in [3.8, 4) is 0 Å². The van der Waals surface area contributed by atoms with E-state index >= 15 is 0 Å². The molecular weight excluding hydrogens is 296 g/mol. The molecule has 1 aliphatic rings. The Morgan fingerprint density at radius 2 is 1.67 bits per heavy atom. The summed E-state index contributed by atoms with van der Waals surface area (Å²) in [6.45, 7) is 5.45. The molecule has 1 aromatic heterocycles. The first kappa shape index (κ1) is 15.0. The molecule has 0 spiro atoms. The Morgan fingerprint density at radius 3 is 2.46 bits per heavy atom. The summed E-state index contributed by atoms with van der Waals surface area (Å²) < 4.78 is 0. The first-order chi connectivity index (χ1) is 11.8. The van der Waals surface area contributed by atoms with Crippen molar-refractivity contribution < 1.29 is 4.90 Å². The Labute approximate surface area is 142 Å². The Morgan fingerprint density at radius 1 is 0.917 bits per heavy atom. The maximum absolute atomic E-state index is 5.76. The molecular formula is C20H23N4+. The van der Waals surface area contributed by atoms with E-state index < -0.39 is 0 Å². The van der Waals surface area contributed by atoms with Gasteiger partial charge in [0.25, 0.3) is 0 Å². The van der Waals surface area contributed by atoms with Gasteiger partial charge in [0.1, 0.15) is 12.4 Å². The van der Waals surface area contributed by atoms with Crippen molar-refractivity contribution in [3.05, 3.63) is 66.2 Å². The number of piperazine rings is 1. The van der Waals surface area contributed by atoms with Crippen LogP contribution in [0.3, 0.4) is 0 Å². The van der Waals surface area contributed by atoms with E-state index in [-0.39, 0.29) is 0 Å². The minimum Gasteiger partial charge on any atom is -0.399 e. The van der Waals surface area contributed by atoms with Crippen molar-refractivity contribution in [1.82, 2.24) is 4.98 Å². The van der Waals surface area contributed by atoms with Crippen LogP contribution in [0, 0.1) is 0 Å². The number of pyridine rings is 1. The van der Waals surface area contributed by atoms with E-state index in [4.69, 9.17) is 10.7 Å². The van der Waals surface area contributed by atoms with Gasteiger partial charge in [-0.05, 0) is 30.3 Å². The number of rotatable bonds is 3. The van der Waals surface area contributed by atoms with E-state index in [0.717, 1.165) is 49.7 Å². The zero-order valence-electron chi connectivity index (χ0n) is 13.8. The Balaban J connectivity index is 1.40. The van der Waals surface area contributed by atoms with Gasteiger partial charge < -0.3 is 15.5 Å². The zero-order valence-corrected chi connectivity index (χ0v) is 13.8. The summed E-state index contributed by atoms with van der Waals surface area (Å²) in [5.41, 5.74) is 9.03. The largest absolute Gasteiger partial charge is 0.399 e. The van der Waals surface area contributed by atoms with Crippen LogP contribution in [-0.4, -0.2) is 31.2 Å². The van der Waals surface area contributed by atoms with Crippen molar-refractivity contribution in [2.24, 2.45) is 0 Å². The third-order valence-corrected chi connectivity index (χ3v) is 4.81. The molecule has 3 N–H and O–H groups in total. The van der Waals surface area contributed by atoms with E-state index in [9.17, 15) is 0 Å². The third kappa shape index (κ3) is 3.19. The number of para-hydroxylation sites is 1. The lowest BCUT2D eigenvalue weighted by molar-refractivity contribution is -0.914. The molecule has 0 bridgehead atoms. The Kier molecular flexibility index (Phi) is 4.05. The van der Waals surface area contributed by atoms with Crippen molar-refractivity contribution in [2.45, 2.75) is 6.54 Å². The van der Waals surface area contributed by atoms with Crippen LogP contribution in [0.15, 0.2) is 60.7 Å². The second kappa shape index (κ2) is 6.49. The van der Waals surface area contributed by atoms with E-state index in [1.165, 1.54) is 10.9 Å². The lowest BCUT2D eigenvalue weighted by atomic mass is 10.2. The molecule has 0 radical (unpaired) electrons. The normalized spacial score (nSPS) is 15.8.